The van der Waals surface area contributed by atoms with Gasteiger partial charge in [-0.2, -0.15) is 0 Å². The summed E-state index contributed by atoms with van der Waals surface area (Å²) < 4.78 is 1.32. The summed E-state index contributed by atoms with van der Waals surface area (Å²) in [6, 6.07) is 7.53. The van der Waals surface area contributed by atoms with Crippen molar-refractivity contribution in [3.63, 3.8) is 0 Å². The average molecular weight is 366 g/mol. The maximum Gasteiger partial charge on any atom is 0.328 e. The van der Waals surface area contributed by atoms with Crippen molar-refractivity contribution in [2.45, 2.75) is 26.3 Å². The maximum atomic E-state index is 12.0. The molecule has 0 atom stereocenters. The first-order valence-electron chi connectivity index (χ1n) is 6.76. The van der Waals surface area contributed by atoms with Gasteiger partial charge in [-0.3, -0.25) is 19.1 Å². The van der Waals surface area contributed by atoms with Crippen LogP contribution in [0.5, 0.6) is 0 Å². The summed E-state index contributed by atoms with van der Waals surface area (Å²) in [6.07, 6.45) is 1.29. The molecule has 0 saturated heterocycles. The van der Waals surface area contributed by atoms with Gasteiger partial charge in [-0.05, 0) is 39.5 Å². The number of hydrogen-bond donors (Lipinski definition) is 2. The molecular formula is C15H16BrN3O3. The van der Waals surface area contributed by atoms with Crippen molar-refractivity contribution < 1.29 is 4.79 Å². The van der Waals surface area contributed by atoms with Crippen molar-refractivity contribution in [3.05, 3.63) is 61.3 Å². The van der Waals surface area contributed by atoms with Crippen LogP contribution in [0.1, 0.15) is 25.3 Å². The second-order valence-corrected chi connectivity index (χ2v) is 6.04. The summed E-state index contributed by atoms with van der Waals surface area (Å²) in [7, 11) is 0. The Morgan fingerprint density at radius 1 is 1.27 bits per heavy atom. The van der Waals surface area contributed by atoms with E-state index < -0.39 is 11.2 Å². The SMILES string of the molecule is CC(C)c1ccc(NC(=O)Cn2cc(Br)c(=O)[nH]c2=O)cc1. The molecule has 0 unspecified atom stereocenters. The van der Waals surface area contributed by atoms with Crippen LogP contribution in [0, 0.1) is 0 Å². The summed E-state index contributed by atoms with van der Waals surface area (Å²) in [6.45, 7) is 4.00. The molecule has 0 saturated carbocycles. The topological polar surface area (TPSA) is 84.0 Å². The molecule has 0 aliphatic heterocycles. The van der Waals surface area contributed by atoms with Crippen molar-refractivity contribution in [2.24, 2.45) is 0 Å². The zero-order valence-corrected chi connectivity index (χ0v) is 13.8. The zero-order chi connectivity index (χ0) is 16.3. The number of amides is 1. The molecule has 0 radical (unpaired) electrons. The zero-order valence-electron chi connectivity index (χ0n) is 12.2. The fourth-order valence-corrected chi connectivity index (χ4v) is 2.25. The number of rotatable bonds is 4. The number of nitrogens with zero attached hydrogens (tertiary/aromatic N) is 1. The van der Waals surface area contributed by atoms with Crippen LogP contribution in [0.25, 0.3) is 0 Å². The van der Waals surface area contributed by atoms with E-state index in [4.69, 9.17) is 0 Å². The Morgan fingerprint density at radius 2 is 1.91 bits per heavy atom. The highest BCUT2D eigenvalue weighted by Gasteiger charge is 2.08. The Kier molecular flexibility index (Phi) is 4.97. The maximum absolute atomic E-state index is 12.0. The Labute approximate surface area is 135 Å². The number of H-pyrrole nitrogens is 1. The third kappa shape index (κ3) is 3.94. The lowest BCUT2D eigenvalue weighted by Crippen LogP contribution is -2.33. The van der Waals surface area contributed by atoms with Crippen LogP contribution in [0.3, 0.4) is 0 Å². The van der Waals surface area contributed by atoms with Gasteiger partial charge in [0.25, 0.3) is 5.56 Å². The van der Waals surface area contributed by atoms with E-state index in [1.54, 1.807) is 0 Å². The van der Waals surface area contributed by atoms with Crippen LogP contribution >= 0.6 is 15.9 Å². The standard InChI is InChI=1S/C15H16BrN3O3/c1-9(2)10-3-5-11(6-4-10)17-13(20)8-19-7-12(16)14(21)18-15(19)22/h3-7,9H,8H2,1-2H3,(H,17,20)(H,18,21,22). The molecule has 0 spiro atoms. The largest absolute Gasteiger partial charge is 0.328 e. The van der Waals surface area contributed by atoms with Crippen LogP contribution < -0.4 is 16.6 Å². The number of anilines is 1. The van der Waals surface area contributed by atoms with E-state index in [0.717, 1.165) is 4.57 Å². The number of aromatic nitrogens is 2. The van der Waals surface area contributed by atoms with Crippen LogP contribution in [-0.2, 0) is 11.3 Å². The average Bonchev–Trinajstić information content (AvgIpc) is 2.45. The van der Waals surface area contributed by atoms with Gasteiger partial charge in [0.15, 0.2) is 0 Å². The molecule has 0 bridgehead atoms. The molecule has 0 aliphatic carbocycles. The first-order valence-corrected chi connectivity index (χ1v) is 7.55. The minimum Gasteiger partial charge on any atom is -0.325 e. The molecule has 1 heterocycles. The highest BCUT2D eigenvalue weighted by molar-refractivity contribution is 9.10. The summed E-state index contributed by atoms with van der Waals surface area (Å²) >= 11 is 3.02. The predicted molar refractivity (Wildman–Crippen MR) is 88.2 cm³/mol. The van der Waals surface area contributed by atoms with E-state index >= 15 is 0 Å². The van der Waals surface area contributed by atoms with E-state index in [1.807, 2.05) is 24.3 Å². The Bertz CT molecular complexity index is 791. The number of nitrogens with one attached hydrogen (secondary N) is 2. The number of benzene rings is 1. The molecule has 2 N–H and O–H groups in total. The van der Waals surface area contributed by atoms with E-state index in [0.29, 0.717) is 11.6 Å². The first-order chi connectivity index (χ1) is 10.4. The molecule has 22 heavy (non-hydrogen) atoms. The van der Waals surface area contributed by atoms with Crippen LogP contribution in [0.2, 0.25) is 0 Å². The van der Waals surface area contributed by atoms with Gasteiger partial charge in [-0.15, -0.1) is 0 Å². The van der Waals surface area contributed by atoms with E-state index in [9.17, 15) is 14.4 Å². The number of carbonyl (C=O) groups is 1. The van der Waals surface area contributed by atoms with Gasteiger partial charge in [0.2, 0.25) is 5.91 Å². The quantitative estimate of drug-likeness (QED) is 0.869. The molecule has 0 fully saturated rings. The van der Waals surface area contributed by atoms with Gasteiger partial charge in [-0.1, -0.05) is 26.0 Å². The minimum atomic E-state index is -0.626. The first kappa shape index (κ1) is 16.2. The minimum absolute atomic E-state index is 0.180. The van der Waals surface area contributed by atoms with Gasteiger partial charge < -0.3 is 5.32 Å². The molecular weight excluding hydrogens is 350 g/mol. The summed E-state index contributed by atoms with van der Waals surface area (Å²) in [5.41, 5.74) is 0.689. The molecule has 7 heteroatoms. The molecule has 2 rings (SSSR count). The number of halogens is 1. The van der Waals surface area contributed by atoms with Gasteiger partial charge in [0, 0.05) is 11.9 Å². The lowest BCUT2D eigenvalue weighted by atomic mass is 10.0. The van der Waals surface area contributed by atoms with E-state index in [-0.39, 0.29) is 16.9 Å². The highest BCUT2D eigenvalue weighted by Crippen LogP contribution is 2.17. The van der Waals surface area contributed by atoms with Crippen molar-refractivity contribution in [1.29, 1.82) is 0 Å². The fourth-order valence-electron chi connectivity index (χ4n) is 1.91. The van der Waals surface area contributed by atoms with Crippen molar-refractivity contribution in [2.75, 3.05) is 5.32 Å². The predicted octanol–water partition coefficient (Wildman–Crippen LogP) is 2.06. The van der Waals surface area contributed by atoms with Crippen molar-refractivity contribution >= 4 is 27.5 Å². The summed E-state index contributed by atoms with van der Waals surface area (Å²) in [4.78, 5) is 36.9. The van der Waals surface area contributed by atoms with Crippen LogP contribution in [0.15, 0.2) is 44.5 Å². The van der Waals surface area contributed by atoms with Crippen LogP contribution in [-0.4, -0.2) is 15.5 Å². The second-order valence-electron chi connectivity index (χ2n) is 5.19. The van der Waals surface area contributed by atoms with Crippen molar-refractivity contribution in [1.82, 2.24) is 9.55 Å². The Balaban J connectivity index is 2.09. The van der Waals surface area contributed by atoms with Gasteiger partial charge in [0.05, 0.1) is 4.47 Å². The van der Waals surface area contributed by atoms with Gasteiger partial charge in [-0.25, -0.2) is 4.79 Å². The van der Waals surface area contributed by atoms with Gasteiger partial charge in [0.1, 0.15) is 6.54 Å². The van der Waals surface area contributed by atoms with Crippen molar-refractivity contribution in [3.8, 4) is 0 Å². The molecule has 6 nitrogen and oxygen atoms in total. The Morgan fingerprint density at radius 3 is 2.50 bits per heavy atom. The molecule has 1 amide bonds. The van der Waals surface area contributed by atoms with Gasteiger partial charge >= 0.3 is 5.69 Å². The third-order valence-corrected chi connectivity index (χ3v) is 3.71. The second kappa shape index (κ2) is 6.74. The lowest BCUT2D eigenvalue weighted by molar-refractivity contribution is -0.116. The highest BCUT2D eigenvalue weighted by atomic mass is 79.9. The van der Waals surface area contributed by atoms with E-state index in [1.165, 1.54) is 11.8 Å². The number of carbonyl (C=O) groups excluding carboxylic acids is 1. The fraction of sp³-hybridized carbons (Fsp3) is 0.267. The Hall–Kier alpha value is -2.15. The number of hydrogen-bond acceptors (Lipinski definition) is 3. The van der Waals surface area contributed by atoms with Crippen LogP contribution in [0.4, 0.5) is 5.69 Å². The molecule has 1 aromatic carbocycles. The smallest absolute Gasteiger partial charge is 0.325 e. The molecule has 2 aromatic rings. The molecule has 116 valence electrons. The lowest BCUT2D eigenvalue weighted by Gasteiger charge is -2.09. The summed E-state index contributed by atoms with van der Waals surface area (Å²) in [5.74, 6) is 0.0696. The molecule has 1 aromatic heterocycles. The normalized spacial score (nSPS) is 10.7. The third-order valence-electron chi connectivity index (χ3n) is 3.14. The molecule has 0 aliphatic rings. The summed E-state index contributed by atoms with van der Waals surface area (Å²) in [5, 5.41) is 2.71. The monoisotopic (exact) mass is 365 g/mol. The number of aromatic amines is 1. The van der Waals surface area contributed by atoms with E-state index in [2.05, 4.69) is 40.1 Å².